The van der Waals surface area contributed by atoms with Crippen molar-refractivity contribution in [1.29, 1.82) is 0 Å². The Morgan fingerprint density at radius 2 is 1.90 bits per heavy atom. The first-order valence-electron chi connectivity index (χ1n) is 7.46. The summed E-state index contributed by atoms with van der Waals surface area (Å²) in [6.07, 6.45) is 7.82. The average molecular weight is 292 g/mol. The molecule has 0 atom stereocenters. The summed E-state index contributed by atoms with van der Waals surface area (Å²) >= 11 is 0. The first-order valence-corrected chi connectivity index (χ1v) is 7.46. The zero-order valence-corrected chi connectivity index (χ0v) is 12.5. The summed E-state index contributed by atoms with van der Waals surface area (Å²) in [5.74, 6) is 4.49. The highest BCUT2D eigenvalue weighted by molar-refractivity contribution is 6.02. The number of nitrogens with two attached hydrogens (primary N) is 1. The molecule has 0 saturated heterocycles. The highest BCUT2D eigenvalue weighted by Crippen LogP contribution is 2.24. The maximum atomic E-state index is 12.0. The summed E-state index contributed by atoms with van der Waals surface area (Å²) in [5, 5.41) is 10.3. The lowest BCUT2D eigenvalue weighted by Gasteiger charge is -2.14. The number of unbranched alkanes of at least 4 members (excludes halogenated alkanes) is 5. The lowest BCUT2D eigenvalue weighted by atomic mass is 9.99. The van der Waals surface area contributed by atoms with Crippen LogP contribution < -0.4 is 5.84 Å². The fraction of sp³-hybridized carbons (Fsp3) is 0.500. The van der Waals surface area contributed by atoms with Gasteiger partial charge in [-0.2, -0.15) is 0 Å². The third kappa shape index (κ3) is 5.19. The molecule has 3 N–H and O–H groups in total. The molecule has 1 rings (SSSR count). The van der Waals surface area contributed by atoms with E-state index in [9.17, 15) is 14.7 Å². The maximum absolute atomic E-state index is 12.0. The van der Waals surface area contributed by atoms with Crippen molar-refractivity contribution in [1.82, 2.24) is 5.01 Å². The molecule has 0 aliphatic heterocycles. The van der Waals surface area contributed by atoms with Gasteiger partial charge in [-0.05, 0) is 24.5 Å². The van der Waals surface area contributed by atoms with E-state index in [0.29, 0.717) is 11.4 Å². The largest absolute Gasteiger partial charge is 0.507 e. The molecule has 5 heteroatoms. The second kappa shape index (κ2) is 9.13. The fourth-order valence-electron chi connectivity index (χ4n) is 2.31. The lowest BCUT2D eigenvalue weighted by molar-refractivity contribution is -0.116. The van der Waals surface area contributed by atoms with Crippen LogP contribution in [0.3, 0.4) is 0 Å². The Labute approximate surface area is 125 Å². The molecule has 5 nitrogen and oxygen atoms in total. The van der Waals surface area contributed by atoms with Gasteiger partial charge in [0.15, 0.2) is 0 Å². The van der Waals surface area contributed by atoms with Gasteiger partial charge in [0.2, 0.25) is 6.41 Å². The monoisotopic (exact) mass is 292 g/mol. The normalized spacial score (nSPS) is 10.4. The number of hydrazine groups is 1. The van der Waals surface area contributed by atoms with E-state index in [-0.39, 0.29) is 17.7 Å². The minimum atomic E-state index is -0.677. The summed E-state index contributed by atoms with van der Waals surface area (Å²) in [6.45, 7) is 2.18. The highest BCUT2D eigenvalue weighted by atomic mass is 16.3. The molecule has 0 unspecified atom stereocenters. The van der Waals surface area contributed by atoms with Crippen LogP contribution >= 0.6 is 0 Å². The van der Waals surface area contributed by atoms with Crippen molar-refractivity contribution in [3.8, 4) is 5.75 Å². The van der Waals surface area contributed by atoms with Crippen molar-refractivity contribution in [2.24, 2.45) is 5.84 Å². The molecule has 0 saturated carbocycles. The molecule has 0 aliphatic carbocycles. The van der Waals surface area contributed by atoms with Gasteiger partial charge < -0.3 is 5.11 Å². The first kappa shape index (κ1) is 17.2. The molecule has 0 aromatic heterocycles. The number of amides is 2. The third-order valence-corrected chi connectivity index (χ3v) is 3.49. The van der Waals surface area contributed by atoms with Crippen molar-refractivity contribution in [3.63, 3.8) is 0 Å². The van der Waals surface area contributed by atoms with Crippen molar-refractivity contribution >= 4 is 12.3 Å². The Balaban J connectivity index is 2.67. The molecular formula is C16H24N2O3. The van der Waals surface area contributed by atoms with Gasteiger partial charge >= 0.3 is 0 Å². The topological polar surface area (TPSA) is 83.6 Å². The van der Waals surface area contributed by atoms with Gasteiger partial charge in [-0.3, -0.25) is 9.59 Å². The standard InChI is InChI=1S/C16H24N2O3/c1-2-3-4-5-6-7-9-13-10-8-11-14(20)15(13)16(21)18(17)12-19/h8,10-12,20H,2-7,9,17H2,1H3. The van der Waals surface area contributed by atoms with Crippen LogP contribution in [0, 0.1) is 0 Å². The Kier molecular flexibility index (Phi) is 7.46. The number of hydrogen-bond acceptors (Lipinski definition) is 4. The summed E-state index contributed by atoms with van der Waals surface area (Å²) in [5.41, 5.74) is 0.855. The predicted molar refractivity (Wildman–Crippen MR) is 81.6 cm³/mol. The van der Waals surface area contributed by atoms with Gasteiger partial charge in [0, 0.05) is 0 Å². The Morgan fingerprint density at radius 3 is 2.57 bits per heavy atom. The summed E-state index contributed by atoms with van der Waals surface area (Å²) in [7, 11) is 0. The zero-order valence-electron chi connectivity index (χ0n) is 12.5. The maximum Gasteiger partial charge on any atom is 0.278 e. The van der Waals surface area contributed by atoms with Crippen LogP contribution in [0.4, 0.5) is 0 Å². The second-order valence-electron chi connectivity index (χ2n) is 5.15. The van der Waals surface area contributed by atoms with E-state index in [1.54, 1.807) is 12.1 Å². The molecule has 116 valence electrons. The van der Waals surface area contributed by atoms with Crippen molar-refractivity contribution in [2.45, 2.75) is 51.9 Å². The number of phenols is 1. The molecule has 2 amide bonds. The van der Waals surface area contributed by atoms with Crippen LogP contribution in [0.1, 0.15) is 61.4 Å². The van der Waals surface area contributed by atoms with E-state index in [0.717, 1.165) is 18.4 Å². The van der Waals surface area contributed by atoms with E-state index in [1.807, 2.05) is 0 Å². The van der Waals surface area contributed by atoms with Gasteiger partial charge in [-0.15, -0.1) is 0 Å². The molecule has 0 heterocycles. The molecule has 0 radical (unpaired) electrons. The first-order chi connectivity index (χ1) is 10.1. The van der Waals surface area contributed by atoms with E-state index in [1.165, 1.54) is 31.7 Å². The highest BCUT2D eigenvalue weighted by Gasteiger charge is 2.19. The molecule has 21 heavy (non-hydrogen) atoms. The van der Waals surface area contributed by atoms with Crippen LogP contribution in [0.5, 0.6) is 5.75 Å². The Hall–Kier alpha value is -1.88. The number of benzene rings is 1. The van der Waals surface area contributed by atoms with Crippen molar-refractivity contribution in [3.05, 3.63) is 29.3 Å². The second-order valence-corrected chi connectivity index (χ2v) is 5.15. The minimum absolute atomic E-state index is 0.126. The van der Waals surface area contributed by atoms with Crippen LogP contribution in [0.25, 0.3) is 0 Å². The van der Waals surface area contributed by atoms with Crippen LogP contribution in [0.15, 0.2) is 18.2 Å². The van der Waals surface area contributed by atoms with E-state index >= 15 is 0 Å². The number of carbonyl (C=O) groups excluding carboxylic acids is 2. The number of aromatic hydroxyl groups is 1. The molecule has 0 aliphatic rings. The van der Waals surface area contributed by atoms with Crippen LogP contribution in [-0.4, -0.2) is 22.4 Å². The Morgan fingerprint density at radius 1 is 1.24 bits per heavy atom. The number of aryl methyl sites for hydroxylation is 1. The molecular weight excluding hydrogens is 268 g/mol. The minimum Gasteiger partial charge on any atom is -0.507 e. The molecule has 0 bridgehead atoms. The number of carbonyl (C=O) groups is 2. The zero-order chi connectivity index (χ0) is 15.7. The van der Waals surface area contributed by atoms with Gasteiger partial charge in [0.1, 0.15) is 5.75 Å². The quantitative estimate of drug-likeness (QED) is 0.241. The van der Waals surface area contributed by atoms with E-state index in [2.05, 4.69) is 6.92 Å². The van der Waals surface area contributed by atoms with E-state index < -0.39 is 5.91 Å². The molecule has 1 aromatic rings. The Bertz CT molecular complexity index is 475. The number of rotatable bonds is 9. The van der Waals surface area contributed by atoms with Gasteiger partial charge in [0.05, 0.1) is 5.56 Å². The predicted octanol–water partition coefficient (Wildman–Crippen LogP) is 2.77. The van der Waals surface area contributed by atoms with E-state index in [4.69, 9.17) is 5.84 Å². The molecule has 1 aromatic carbocycles. The fourth-order valence-corrected chi connectivity index (χ4v) is 2.31. The molecule has 0 fully saturated rings. The van der Waals surface area contributed by atoms with Crippen LogP contribution in [0.2, 0.25) is 0 Å². The van der Waals surface area contributed by atoms with Crippen LogP contribution in [-0.2, 0) is 11.2 Å². The smallest absolute Gasteiger partial charge is 0.278 e. The number of nitrogens with zero attached hydrogens (tertiary/aromatic N) is 1. The summed E-state index contributed by atoms with van der Waals surface area (Å²) in [6, 6.07) is 4.91. The number of hydrogen-bond donors (Lipinski definition) is 2. The van der Waals surface area contributed by atoms with Crippen molar-refractivity contribution in [2.75, 3.05) is 0 Å². The number of phenolic OH excluding ortho intramolecular Hbond substituents is 1. The summed E-state index contributed by atoms with van der Waals surface area (Å²) in [4.78, 5) is 22.6. The van der Waals surface area contributed by atoms with Crippen molar-refractivity contribution < 1.29 is 14.7 Å². The SMILES string of the molecule is CCCCCCCCc1cccc(O)c1C(=O)N(N)C=O. The third-order valence-electron chi connectivity index (χ3n) is 3.49. The van der Waals surface area contributed by atoms with Gasteiger partial charge in [-0.1, -0.05) is 51.2 Å². The number of imide groups is 1. The lowest BCUT2D eigenvalue weighted by Crippen LogP contribution is -2.36. The van der Waals surface area contributed by atoms with Gasteiger partial charge in [0.25, 0.3) is 5.91 Å². The summed E-state index contributed by atoms with van der Waals surface area (Å²) < 4.78 is 0. The van der Waals surface area contributed by atoms with Gasteiger partial charge in [-0.25, -0.2) is 10.9 Å². The average Bonchev–Trinajstić information content (AvgIpc) is 2.49. The molecule has 0 spiro atoms.